The van der Waals surface area contributed by atoms with Crippen LogP contribution in [0.2, 0.25) is 0 Å². The van der Waals surface area contributed by atoms with Crippen LogP contribution in [0.5, 0.6) is 0 Å². The Morgan fingerprint density at radius 3 is 2.29 bits per heavy atom. The van der Waals surface area contributed by atoms with Crippen molar-refractivity contribution in [2.75, 3.05) is 12.0 Å². The van der Waals surface area contributed by atoms with E-state index in [4.69, 9.17) is 5.73 Å². The Kier molecular flexibility index (Phi) is 3.91. The molecule has 1 aromatic carbocycles. The van der Waals surface area contributed by atoms with Crippen molar-refractivity contribution in [1.82, 2.24) is 0 Å². The molecule has 1 aromatic rings. The summed E-state index contributed by atoms with van der Waals surface area (Å²) in [4.78, 5) is 0. The van der Waals surface area contributed by atoms with Crippen molar-refractivity contribution < 1.29 is 8.42 Å². The smallest absolute Gasteiger partial charge is 0.149 e. The summed E-state index contributed by atoms with van der Waals surface area (Å²) in [6.07, 6.45) is 1.19. The second kappa shape index (κ2) is 4.59. The van der Waals surface area contributed by atoms with Crippen LogP contribution in [-0.2, 0) is 9.84 Å². The Morgan fingerprint density at radius 2 is 1.86 bits per heavy atom. The third kappa shape index (κ3) is 3.93. The molecule has 2 N–H and O–H groups in total. The fraction of sp³-hybridized carbons (Fsp3) is 0.333. The van der Waals surface area contributed by atoms with Crippen molar-refractivity contribution in [3.05, 3.63) is 33.4 Å². The number of hydrogen-bond donors (Lipinski definition) is 1. The van der Waals surface area contributed by atoms with Crippen molar-refractivity contribution in [3.8, 4) is 0 Å². The average Bonchev–Trinajstić information content (AvgIpc) is 2.02. The topological polar surface area (TPSA) is 60.2 Å². The molecule has 1 atom stereocenters. The van der Waals surface area contributed by atoms with E-state index >= 15 is 0 Å². The fourth-order valence-electron chi connectivity index (χ4n) is 1.13. The largest absolute Gasteiger partial charge is 0.323 e. The molecule has 0 bridgehead atoms. The van der Waals surface area contributed by atoms with Gasteiger partial charge in [0, 0.05) is 15.9 Å². The van der Waals surface area contributed by atoms with Crippen LogP contribution in [0, 0.1) is 3.57 Å². The van der Waals surface area contributed by atoms with Gasteiger partial charge in [-0.2, -0.15) is 0 Å². The predicted molar refractivity (Wildman–Crippen MR) is 65.8 cm³/mol. The minimum Gasteiger partial charge on any atom is -0.323 e. The third-order valence-electron chi connectivity index (χ3n) is 1.78. The Morgan fingerprint density at radius 1 is 1.36 bits per heavy atom. The maximum Gasteiger partial charge on any atom is 0.149 e. The van der Waals surface area contributed by atoms with E-state index in [2.05, 4.69) is 22.6 Å². The van der Waals surface area contributed by atoms with Gasteiger partial charge in [0.15, 0.2) is 0 Å². The Balaban J connectivity index is 2.80. The van der Waals surface area contributed by atoms with E-state index in [1.165, 1.54) is 6.26 Å². The van der Waals surface area contributed by atoms with Gasteiger partial charge in [-0.05, 0) is 40.3 Å². The molecule has 78 valence electrons. The average molecular weight is 325 g/mol. The van der Waals surface area contributed by atoms with Crippen LogP contribution < -0.4 is 5.73 Å². The first-order chi connectivity index (χ1) is 6.38. The summed E-state index contributed by atoms with van der Waals surface area (Å²) in [5.41, 5.74) is 6.61. The molecule has 1 rings (SSSR count). The Hall–Kier alpha value is -0.140. The van der Waals surface area contributed by atoms with Gasteiger partial charge in [-0.25, -0.2) is 8.42 Å². The lowest BCUT2D eigenvalue weighted by atomic mass is 10.1. The van der Waals surface area contributed by atoms with Crippen LogP contribution in [0.25, 0.3) is 0 Å². The highest BCUT2D eigenvalue weighted by atomic mass is 127. The molecule has 14 heavy (non-hydrogen) atoms. The van der Waals surface area contributed by atoms with Crippen LogP contribution >= 0.6 is 22.6 Å². The van der Waals surface area contributed by atoms with E-state index in [0.717, 1.165) is 9.13 Å². The van der Waals surface area contributed by atoms with Gasteiger partial charge in [-0.1, -0.05) is 12.1 Å². The van der Waals surface area contributed by atoms with Crippen molar-refractivity contribution in [3.63, 3.8) is 0 Å². The first-order valence-corrected chi connectivity index (χ1v) is 7.21. The monoisotopic (exact) mass is 325 g/mol. The molecule has 0 spiro atoms. The van der Waals surface area contributed by atoms with Crippen molar-refractivity contribution in [1.29, 1.82) is 0 Å². The minimum absolute atomic E-state index is 0.00636. The number of hydrogen-bond acceptors (Lipinski definition) is 3. The van der Waals surface area contributed by atoms with Gasteiger partial charge >= 0.3 is 0 Å². The normalized spacial score (nSPS) is 13.9. The maximum atomic E-state index is 11.0. The molecule has 0 saturated heterocycles. The molecule has 0 heterocycles. The Bertz CT molecular complexity index is 399. The molecule has 0 radical (unpaired) electrons. The standard InChI is InChI=1S/C9H12INO2S/c1-14(12,13)6-9(11)7-2-4-8(10)5-3-7/h2-5,9H,6,11H2,1H3/t9-/m1/s1. The van der Waals surface area contributed by atoms with Crippen molar-refractivity contribution in [2.45, 2.75) is 6.04 Å². The van der Waals surface area contributed by atoms with Crippen LogP contribution in [0.4, 0.5) is 0 Å². The van der Waals surface area contributed by atoms with Gasteiger partial charge in [-0.15, -0.1) is 0 Å². The summed E-state index contributed by atoms with van der Waals surface area (Å²) in [5, 5.41) is 0. The third-order valence-corrected chi connectivity index (χ3v) is 3.46. The number of rotatable bonds is 3. The van der Waals surface area contributed by atoms with Crippen LogP contribution in [-0.4, -0.2) is 20.4 Å². The van der Waals surface area contributed by atoms with E-state index in [9.17, 15) is 8.42 Å². The zero-order valence-corrected chi connectivity index (χ0v) is 10.7. The molecule has 0 aliphatic rings. The van der Waals surface area contributed by atoms with E-state index in [0.29, 0.717) is 0 Å². The van der Waals surface area contributed by atoms with Crippen LogP contribution in [0.3, 0.4) is 0 Å². The molecule has 0 aromatic heterocycles. The minimum atomic E-state index is -3.01. The van der Waals surface area contributed by atoms with Gasteiger partial charge in [0.25, 0.3) is 0 Å². The molecular weight excluding hydrogens is 313 g/mol. The molecule has 0 aliphatic heterocycles. The summed E-state index contributed by atoms with van der Waals surface area (Å²) < 4.78 is 23.1. The van der Waals surface area contributed by atoms with E-state index < -0.39 is 15.9 Å². The summed E-state index contributed by atoms with van der Waals surface area (Å²) in [6.45, 7) is 0. The van der Waals surface area contributed by atoms with Crippen LogP contribution in [0.1, 0.15) is 11.6 Å². The van der Waals surface area contributed by atoms with Gasteiger partial charge in [0.1, 0.15) is 9.84 Å². The number of benzene rings is 1. The second-order valence-electron chi connectivity index (χ2n) is 3.25. The van der Waals surface area contributed by atoms with Gasteiger partial charge in [0.2, 0.25) is 0 Å². The quantitative estimate of drug-likeness (QED) is 0.853. The number of sulfone groups is 1. The summed E-state index contributed by atoms with van der Waals surface area (Å²) in [6, 6.07) is 7.12. The molecule has 0 saturated carbocycles. The van der Waals surface area contributed by atoms with E-state index in [-0.39, 0.29) is 5.75 Å². The summed E-state index contributed by atoms with van der Waals surface area (Å²) in [7, 11) is -3.01. The molecule has 0 unspecified atom stereocenters. The highest BCUT2D eigenvalue weighted by Gasteiger charge is 2.12. The molecule has 0 amide bonds. The molecule has 5 heteroatoms. The molecular formula is C9H12INO2S. The second-order valence-corrected chi connectivity index (χ2v) is 6.68. The highest BCUT2D eigenvalue weighted by molar-refractivity contribution is 14.1. The lowest BCUT2D eigenvalue weighted by Gasteiger charge is -2.10. The summed E-state index contributed by atoms with van der Waals surface area (Å²) in [5.74, 6) is -0.00636. The first kappa shape index (κ1) is 11.9. The SMILES string of the molecule is CS(=O)(=O)C[C@@H](N)c1ccc(I)cc1. The van der Waals surface area contributed by atoms with Crippen molar-refractivity contribution >= 4 is 32.4 Å². The van der Waals surface area contributed by atoms with Gasteiger partial charge < -0.3 is 5.73 Å². The molecule has 0 aliphatic carbocycles. The van der Waals surface area contributed by atoms with E-state index in [1.54, 1.807) is 0 Å². The van der Waals surface area contributed by atoms with Crippen molar-refractivity contribution in [2.24, 2.45) is 5.73 Å². The molecule has 3 nitrogen and oxygen atoms in total. The van der Waals surface area contributed by atoms with Crippen LogP contribution in [0.15, 0.2) is 24.3 Å². The summed E-state index contributed by atoms with van der Waals surface area (Å²) >= 11 is 2.19. The van der Waals surface area contributed by atoms with E-state index in [1.807, 2.05) is 24.3 Å². The zero-order valence-electron chi connectivity index (χ0n) is 7.77. The Labute approximate surface area is 97.8 Å². The fourth-order valence-corrected chi connectivity index (χ4v) is 2.34. The number of nitrogens with two attached hydrogens (primary N) is 1. The zero-order chi connectivity index (χ0) is 10.8. The predicted octanol–water partition coefficient (Wildman–Crippen LogP) is 1.34. The number of halogens is 1. The lowest BCUT2D eigenvalue weighted by molar-refractivity contribution is 0.595. The van der Waals surface area contributed by atoms with Gasteiger partial charge in [0.05, 0.1) is 5.75 Å². The first-order valence-electron chi connectivity index (χ1n) is 4.07. The lowest BCUT2D eigenvalue weighted by Crippen LogP contribution is -2.20. The maximum absolute atomic E-state index is 11.0. The van der Waals surface area contributed by atoms with Gasteiger partial charge in [-0.3, -0.25) is 0 Å². The highest BCUT2D eigenvalue weighted by Crippen LogP contribution is 2.14. The molecule has 0 fully saturated rings.